The van der Waals surface area contributed by atoms with Crippen LogP contribution in [0.5, 0.6) is 0 Å². The van der Waals surface area contributed by atoms with Crippen LogP contribution in [0, 0.1) is 5.82 Å². The average molecular weight is 580 g/mol. The van der Waals surface area contributed by atoms with Gasteiger partial charge in [0.05, 0.1) is 35.5 Å². The fourth-order valence-electron chi connectivity index (χ4n) is 4.82. The third kappa shape index (κ3) is 4.42. The summed E-state index contributed by atoms with van der Waals surface area (Å²) in [5, 5.41) is 2.58. The number of halogens is 6. The highest BCUT2D eigenvalue weighted by atomic mass is 35.5. The molecule has 3 heterocycles. The van der Waals surface area contributed by atoms with E-state index < -0.39 is 56.3 Å². The van der Waals surface area contributed by atoms with Crippen molar-refractivity contribution in [3.63, 3.8) is 0 Å². The molecule has 0 aliphatic carbocycles. The van der Waals surface area contributed by atoms with Gasteiger partial charge in [-0.05, 0) is 34.9 Å². The molecule has 0 saturated carbocycles. The van der Waals surface area contributed by atoms with Crippen molar-refractivity contribution in [2.45, 2.75) is 36.8 Å². The summed E-state index contributed by atoms with van der Waals surface area (Å²) in [6.07, 6.45) is -5.74. The fourth-order valence-corrected chi connectivity index (χ4v) is 5.64. The second kappa shape index (κ2) is 9.19. The van der Waals surface area contributed by atoms with Gasteiger partial charge in [-0.3, -0.25) is 9.00 Å². The van der Waals surface area contributed by atoms with E-state index in [1.165, 1.54) is 4.90 Å². The molecule has 2 aromatic carbocycles. The van der Waals surface area contributed by atoms with Gasteiger partial charge < -0.3 is 19.0 Å². The van der Waals surface area contributed by atoms with Crippen LogP contribution in [0.1, 0.15) is 35.1 Å². The zero-order valence-electron chi connectivity index (χ0n) is 18.7. The molecule has 1 amide bonds. The highest BCUT2D eigenvalue weighted by Crippen LogP contribution is 2.50. The van der Waals surface area contributed by atoms with Crippen LogP contribution in [0.3, 0.4) is 0 Å². The molecule has 7 nitrogen and oxygen atoms in total. The molecule has 198 valence electrons. The molecular weight excluding hydrogens is 563 g/mol. The molecule has 37 heavy (non-hydrogen) atoms. The van der Waals surface area contributed by atoms with E-state index in [0.29, 0.717) is 5.56 Å². The standard InChI is InChI=1S/C23H18Cl2F4N2O5S/c24-16-6-14(7-17(25)20(16)26)22(23(27,28)29)8-18(30-36-22)12-1-2-15-13(5-12)9-35-21(15)10-31(11-21)19(32)3-4-37(33)34/h1-2,5-7H,3-4,8-11H2,(H,33,34)/p-1/t22-/m0/s1. The zero-order chi connectivity index (χ0) is 26.8. The van der Waals surface area contributed by atoms with Gasteiger partial charge in [0.25, 0.3) is 5.60 Å². The maximum absolute atomic E-state index is 14.3. The van der Waals surface area contributed by atoms with Crippen molar-refractivity contribution in [1.82, 2.24) is 4.90 Å². The summed E-state index contributed by atoms with van der Waals surface area (Å²) in [6, 6.07) is 6.63. The monoisotopic (exact) mass is 579 g/mol. The first kappa shape index (κ1) is 26.4. The largest absolute Gasteiger partial charge is 0.772 e. The predicted molar refractivity (Wildman–Crippen MR) is 124 cm³/mol. The van der Waals surface area contributed by atoms with Crippen molar-refractivity contribution in [3.8, 4) is 0 Å². The SMILES string of the molecule is O=C(CCS(=O)[O-])N1CC2(C1)OCc1cc(C3=NO[C@@](c4cc(Cl)c(F)c(Cl)c4)(C(F)(F)F)C3)ccc12. The number of carbonyl (C=O) groups is 1. The van der Waals surface area contributed by atoms with Gasteiger partial charge in [-0.15, -0.1) is 0 Å². The van der Waals surface area contributed by atoms with Crippen molar-refractivity contribution in [1.29, 1.82) is 0 Å². The summed E-state index contributed by atoms with van der Waals surface area (Å²) < 4.78 is 84.0. The van der Waals surface area contributed by atoms with E-state index in [-0.39, 0.29) is 43.5 Å². The van der Waals surface area contributed by atoms with E-state index in [2.05, 4.69) is 5.16 Å². The maximum atomic E-state index is 14.3. The lowest BCUT2D eigenvalue weighted by molar-refractivity contribution is -0.275. The highest BCUT2D eigenvalue weighted by molar-refractivity contribution is 7.79. The van der Waals surface area contributed by atoms with Crippen molar-refractivity contribution >= 4 is 45.9 Å². The number of amides is 1. The Balaban J connectivity index is 1.36. The number of alkyl halides is 3. The van der Waals surface area contributed by atoms with Gasteiger partial charge in [-0.25, -0.2) is 4.39 Å². The molecule has 5 rings (SSSR count). The number of ether oxygens (including phenoxy) is 1. The molecule has 14 heteroatoms. The molecule has 3 aliphatic heterocycles. The second-order valence-corrected chi connectivity index (χ2v) is 10.9. The maximum Gasteiger partial charge on any atom is 0.435 e. The number of likely N-dealkylation sites (tertiary alicyclic amines) is 1. The van der Waals surface area contributed by atoms with E-state index in [1.54, 1.807) is 18.2 Å². The number of hydrogen-bond acceptors (Lipinski definition) is 6. The van der Waals surface area contributed by atoms with E-state index in [0.717, 1.165) is 23.3 Å². The van der Waals surface area contributed by atoms with E-state index in [9.17, 15) is 31.1 Å². The van der Waals surface area contributed by atoms with Gasteiger partial charge >= 0.3 is 6.18 Å². The lowest BCUT2D eigenvalue weighted by Crippen LogP contribution is -2.61. The summed E-state index contributed by atoms with van der Waals surface area (Å²) in [4.78, 5) is 18.7. The molecule has 2 atom stereocenters. The first-order valence-corrected chi connectivity index (χ1v) is 12.9. The normalized spacial score (nSPS) is 22.9. The third-order valence-corrected chi connectivity index (χ3v) is 7.88. The molecule has 0 N–H and O–H groups in total. The summed E-state index contributed by atoms with van der Waals surface area (Å²) >= 11 is 9.19. The Morgan fingerprint density at radius 1 is 1.19 bits per heavy atom. The number of fused-ring (bicyclic) bond motifs is 2. The van der Waals surface area contributed by atoms with Crippen molar-refractivity contribution in [3.05, 3.63) is 68.4 Å². The summed E-state index contributed by atoms with van der Waals surface area (Å²) in [5.74, 6) is -1.60. The van der Waals surface area contributed by atoms with Crippen LogP contribution >= 0.6 is 23.2 Å². The highest BCUT2D eigenvalue weighted by Gasteiger charge is 2.62. The molecule has 0 aromatic heterocycles. The first-order chi connectivity index (χ1) is 17.3. The molecule has 1 spiro atoms. The zero-order valence-corrected chi connectivity index (χ0v) is 21.1. The Labute approximate surface area is 220 Å². The van der Waals surface area contributed by atoms with Gasteiger partial charge in [0.2, 0.25) is 5.91 Å². The Morgan fingerprint density at radius 3 is 2.49 bits per heavy atom. The minimum atomic E-state index is -4.92. The van der Waals surface area contributed by atoms with Crippen LogP contribution in [0.25, 0.3) is 0 Å². The Morgan fingerprint density at radius 2 is 1.86 bits per heavy atom. The van der Waals surface area contributed by atoms with E-state index >= 15 is 0 Å². The van der Waals surface area contributed by atoms with Crippen molar-refractivity contribution < 1.29 is 40.7 Å². The Hall–Kier alpha value is -2.25. The fraction of sp³-hybridized carbons (Fsp3) is 0.391. The minimum absolute atomic E-state index is 0.0219. The quantitative estimate of drug-likeness (QED) is 0.294. The van der Waals surface area contributed by atoms with Crippen LogP contribution in [0.4, 0.5) is 17.6 Å². The van der Waals surface area contributed by atoms with Crippen LogP contribution in [0.15, 0.2) is 35.5 Å². The first-order valence-electron chi connectivity index (χ1n) is 10.9. The topological polar surface area (TPSA) is 91.3 Å². The van der Waals surface area contributed by atoms with Gasteiger partial charge in [0, 0.05) is 24.2 Å². The number of rotatable bonds is 5. The van der Waals surface area contributed by atoms with Crippen molar-refractivity contribution in [2.24, 2.45) is 5.16 Å². The van der Waals surface area contributed by atoms with Crippen LogP contribution in [-0.4, -0.2) is 50.3 Å². The van der Waals surface area contributed by atoms with Gasteiger partial charge in [0.1, 0.15) is 5.60 Å². The smallest absolute Gasteiger partial charge is 0.435 e. The number of carbonyl (C=O) groups excluding carboxylic acids is 1. The predicted octanol–water partition coefficient (Wildman–Crippen LogP) is 4.55. The van der Waals surface area contributed by atoms with Gasteiger partial charge in [0.15, 0.2) is 5.82 Å². The van der Waals surface area contributed by atoms with Crippen LogP contribution in [0.2, 0.25) is 10.0 Å². The third-order valence-electron chi connectivity index (χ3n) is 6.80. The van der Waals surface area contributed by atoms with Gasteiger partial charge in [-0.1, -0.05) is 51.6 Å². The molecule has 3 aliphatic rings. The lowest BCUT2D eigenvalue weighted by Gasteiger charge is -2.47. The molecule has 2 aromatic rings. The van der Waals surface area contributed by atoms with Crippen LogP contribution in [-0.2, 0) is 43.3 Å². The number of oxime groups is 1. The molecular formula is C23H17Cl2F4N2O5S-. The molecule has 0 radical (unpaired) electrons. The van der Waals surface area contributed by atoms with Gasteiger partial charge in [-0.2, -0.15) is 13.2 Å². The Kier molecular flexibility index (Phi) is 6.55. The molecule has 1 unspecified atom stereocenters. The number of benzene rings is 2. The molecule has 0 bridgehead atoms. The summed E-state index contributed by atoms with van der Waals surface area (Å²) in [7, 11) is 0. The van der Waals surface area contributed by atoms with Crippen molar-refractivity contribution in [2.75, 3.05) is 18.8 Å². The second-order valence-electron chi connectivity index (χ2n) is 9.05. The summed E-state index contributed by atoms with van der Waals surface area (Å²) in [6.45, 7) is 0.672. The van der Waals surface area contributed by atoms with Crippen LogP contribution < -0.4 is 0 Å². The van der Waals surface area contributed by atoms with E-state index in [4.69, 9.17) is 32.8 Å². The molecule has 1 saturated heterocycles. The summed E-state index contributed by atoms with van der Waals surface area (Å²) in [5.41, 5.74) is -2.19. The Bertz CT molecular complexity index is 1330. The average Bonchev–Trinajstić information content (AvgIpc) is 3.42. The number of hydrogen-bond donors (Lipinski definition) is 0. The minimum Gasteiger partial charge on any atom is -0.772 e. The van der Waals surface area contributed by atoms with E-state index in [1.807, 2.05) is 0 Å². The molecule has 1 fully saturated rings. The number of nitrogens with zero attached hydrogens (tertiary/aromatic N) is 2. The lowest BCUT2D eigenvalue weighted by atomic mass is 9.83.